The first-order chi connectivity index (χ1) is 18.3. The average molecular weight is 530 g/mol. The largest absolute Gasteiger partial charge is 0.401 e. The number of ether oxygens (including phenoxy) is 2. The van der Waals surface area contributed by atoms with Crippen molar-refractivity contribution in [3.8, 4) is 0 Å². The SMILES string of the molecule is O=C(C1CC2COC(C1)N2CC(F)(F)F)N1Cc2cccnc2Nc2ccc(N3CC4CCC3CO4)cc21. The molecule has 8 nitrogen and oxygen atoms in total. The van der Waals surface area contributed by atoms with E-state index >= 15 is 0 Å². The Morgan fingerprint density at radius 2 is 1.97 bits per heavy atom. The van der Waals surface area contributed by atoms with Gasteiger partial charge in [0, 0.05) is 36.0 Å². The lowest BCUT2D eigenvalue weighted by Gasteiger charge is -2.46. The van der Waals surface area contributed by atoms with E-state index in [4.69, 9.17) is 9.47 Å². The van der Waals surface area contributed by atoms with E-state index < -0.39 is 30.9 Å². The number of nitrogens with one attached hydrogen (secondary N) is 1. The summed E-state index contributed by atoms with van der Waals surface area (Å²) in [5, 5.41) is 3.41. The van der Waals surface area contributed by atoms with E-state index in [0.29, 0.717) is 31.4 Å². The van der Waals surface area contributed by atoms with E-state index in [-0.39, 0.29) is 25.0 Å². The van der Waals surface area contributed by atoms with Crippen LogP contribution < -0.4 is 15.1 Å². The third-order valence-electron chi connectivity index (χ3n) is 8.60. The summed E-state index contributed by atoms with van der Waals surface area (Å²) in [6.45, 7) is 1.07. The summed E-state index contributed by atoms with van der Waals surface area (Å²) in [4.78, 5) is 24.2. The monoisotopic (exact) mass is 529 g/mol. The van der Waals surface area contributed by atoms with Crippen molar-refractivity contribution in [3.63, 3.8) is 0 Å². The number of morpholine rings is 1. The number of carbonyl (C=O) groups is 1. The van der Waals surface area contributed by atoms with Crippen LogP contribution in [0.5, 0.6) is 0 Å². The minimum atomic E-state index is -4.30. The van der Waals surface area contributed by atoms with Gasteiger partial charge in [0.25, 0.3) is 0 Å². The highest BCUT2D eigenvalue weighted by molar-refractivity contribution is 6.00. The Bertz CT molecular complexity index is 1220. The van der Waals surface area contributed by atoms with Crippen LogP contribution in [0, 0.1) is 5.92 Å². The molecule has 0 aliphatic carbocycles. The van der Waals surface area contributed by atoms with Crippen molar-refractivity contribution >= 4 is 28.8 Å². The Labute approximate surface area is 218 Å². The lowest BCUT2D eigenvalue weighted by molar-refractivity contribution is -0.166. The molecule has 0 saturated carbocycles. The van der Waals surface area contributed by atoms with Crippen molar-refractivity contribution < 1.29 is 27.4 Å². The summed E-state index contributed by atoms with van der Waals surface area (Å²) in [5.41, 5.74) is 3.48. The molecule has 5 unspecified atom stereocenters. The minimum absolute atomic E-state index is 0.0856. The van der Waals surface area contributed by atoms with Gasteiger partial charge in [-0.1, -0.05) is 6.07 Å². The smallest absolute Gasteiger partial charge is 0.374 e. The molecule has 1 N–H and O–H groups in total. The summed E-state index contributed by atoms with van der Waals surface area (Å²) in [7, 11) is 0. The van der Waals surface area contributed by atoms with Crippen LogP contribution in [-0.2, 0) is 20.8 Å². The summed E-state index contributed by atoms with van der Waals surface area (Å²) in [6.07, 6.45) is -0.322. The summed E-state index contributed by atoms with van der Waals surface area (Å²) < 4.78 is 51.1. The van der Waals surface area contributed by atoms with Crippen molar-refractivity contribution in [3.05, 3.63) is 42.1 Å². The molecule has 5 atom stereocenters. The van der Waals surface area contributed by atoms with Gasteiger partial charge >= 0.3 is 6.18 Å². The number of pyridine rings is 1. The Morgan fingerprint density at radius 1 is 1.11 bits per heavy atom. The van der Waals surface area contributed by atoms with E-state index in [1.54, 1.807) is 11.1 Å². The molecule has 1 aromatic carbocycles. The Morgan fingerprint density at radius 3 is 2.71 bits per heavy atom. The first kappa shape index (κ1) is 24.2. The maximum absolute atomic E-state index is 14.2. The lowest BCUT2D eigenvalue weighted by atomic mass is 9.89. The summed E-state index contributed by atoms with van der Waals surface area (Å²) >= 11 is 0. The number of benzene rings is 1. The third kappa shape index (κ3) is 4.30. The van der Waals surface area contributed by atoms with Crippen molar-refractivity contribution in [2.45, 2.75) is 62.8 Å². The second-order valence-corrected chi connectivity index (χ2v) is 11.0. The highest BCUT2D eigenvalue weighted by Crippen LogP contribution is 2.43. The molecule has 0 radical (unpaired) electrons. The molecular formula is C27H30F3N5O3. The molecule has 7 heterocycles. The number of amides is 1. The molecule has 6 aliphatic rings. The number of rotatable bonds is 3. The summed E-state index contributed by atoms with van der Waals surface area (Å²) in [5.74, 6) is 0.189. The van der Waals surface area contributed by atoms with Crippen molar-refractivity contribution in [1.29, 1.82) is 0 Å². The van der Waals surface area contributed by atoms with Gasteiger partial charge in [0.1, 0.15) is 12.0 Å². The van der Waals surface area contributed by atoms with Crippen molar-refractivity contribution in [2.75, 3.05) is 41.4 Å². The van der Waals surface area contributed by atoms with Gasteiger partial charge in [0.15, 0.2) is 0 Å². The van der Waals surface area contributed by atoms with Gasteiger partial charge in [0.05, 0.1) is 49.8 Å². The number of aromatic nitrogens is 1. The fourth-order valence-electron chi connectivity index (χ4n) is 6.74. The van der Waals surface area contributed by atoms with Crippen molar-refractivity contribution in [2.24, 2.45) is 5.92 Å². The molecule has 38 heavy (non-hydrogen) atoms. The number of hydrogen-bond acceptors (Lipinski definition) is 7. The van der Waals surface area contributed by atoms with E-state index in [1.165, 1.54) is 4.90 Å². The quantitative estimate of drug-likeness (QED) is 0.644. The highest BCUT2D eigenvalue weighted by atomic mass is 19.4. The second-order valence-electron chi connectivity index (χ2n) is 11.0. The zero-order valence-electron chi connectivity index (χ0n) is 20.9. The fourth-order valence-corrected chi connectivity index (χ4v) is 6.74. The van der Waals surface area contributed by atoms with E-state index in [2.05, 4.69) is 27.3 Å². The maximum Gasteiger partial charge on any atom is 0.401 e. The zero-order chi connectivity index (χ0) is 26.0. The first-order valence-electron chi connectivity index (χ1n) is 13.3. The van der Waals surface area contributed by atoms with Crippen LogP contribution in [0.15, 0.2) is 36.5 Å². The number of alkyl halides is 3. The van der Waals surface area contributed by atoms with Gasteiger partial charge in [-0.05, 0) is 49.9 Å². The van der Waals surface area contributed by atoms with Gasteiger partial charge in [-0.25, -0.2) is 4.98 Å². The number of carbonyl (C=O) groups excluding carboxylic acids is 1. The first-order valence-corrected chi connectivity index (χ1v) is 13.3. The van der Waals surface area contributed by atoms with Crippen LogP contribution >= 0.6 is 0 Å². The van der Waals surface area contributed by atoms with Crippen LogP contribution in [0.4, 0.5) is 36.1 Å². The van der Waals surface area contributed by atoms with Crippen LogP contribution in [0.25, 0.3) is 0 Å². The minimum Gasteiger partial charge on any atom is -0.374 e. The molecule has 1 amide bonds. The Balaban J connectivity index is 1.21. The predicted octanol–water partition coefficient (Wildman–Crippen LogP) is 4.04. The molecule has 2 aromatic rings. The predicted molar refractivity (Wildman–Crippen MR) is 134 cm³/mol. The summed E-state index contributed by atoms with van der Waals surface area (Å²) in [6, 6.07) is 9.82. The molecule has 5 saturated heterocycles. The van der Waals surface area contributed by atoms with E-state index in [0.717, 1.165) is 42.0 Å². The molecular weight excluding hydrogens is 499 g/mol. The molecule has 0 spiro atoms. The molecule has 1 aromatic heterocycles. The van der Waals surface area contributed by atoms with E-state index in [9.17, 15) is 18.0 Å². The maximum atomic E-state index is 14.2. The van der Waals surface area contributed by atoms with Crippen molar-refractivity contribution in [1.82, 2.24) is 9.88 Å². The highest BCUT2D eigenvalue weighted by Gasteiger charge is 2.49. The molecule has 4 bridgehead atoms. The van der Waals surface area contributed by atoms with Gasteiger partial charge in [0.2, 0.25) is 5.91 Å². The normalized spacial score (nSPS) is 30.4. The number of halogens is 3. The molecule has 11 heteroatoms. The van der Waals surface area contributed by atoms with Gasteiger partial charge < -0.3 is 24.6 Å². The molecule has 8 rings (SSSR count). The van der Waals surface area contributed by atoms with Gasteiger partial charge in [-0.2, -0.15) is 13.2 Å². The number of nitrogens with zero attached hydrogens (tertiary/aromatic N) is 4. The number of piperidine rings is 2. The lowest BCUT2D eigenvalue weighted by Crippen LogP contribution is -2.54. The van der Waals surface area contributed by atoms with Crippen LogP contribution in [0.2, 0.25) is 0 Å². The Hall–Kier alpha value is -2.89. The van der Waals surface area contributed by atoms with E-state index in [1.807, 2.05) is 18.2 Å². The van der Waals surface area contributed by atoms with Crippen LogP contribution in [0.1, 0.15) is 31.2 Å². The second kappa shape index (κ2) is 9.10. The number of anilines is 4. The Kier molecular flexibility index (Phi) is 5.79. The molecule has 6 aliphatic heterocycles. The standard InChI is InChI=1S/C27H30F3N5O3/c28-27(29,30)15-35-20-8-17(9-24(35)38-14-20)26(36)34-11-16-2-1-7-31-25(16)32-22-6-4-18(10-23(22)34)33-12-21-5-3-19(33)13-37-21/h1-2,4,6-7,10,17,19-21,24H,3,5,8-9,11-15H2,(H,31,32). The average Bonchev–Trinajstić information content (AvgIpc) is 3.08. The third-order valence-corrected chi connectivity index (χ3v) is 8.60. The fraction of sp³-hybridized carbons (Fsp3) is 0.556. The van der Waals surface area contributed by atoms with Gasteiger partial charge in [-0.3, -0.25) is 9.69 Å². The topological polar surface area (TPSA) is 70.2 Å². The molecule has 202 valence electrons. The van der Waals surface area contributed by atoms with Crippen LogP contribution in [-0.4, -0.2) is 72.7 Å². The van der Waals surface area contributed by atoms with Gasteiger partial charge in [-0.15, -0.1) is 0 Å². The van der Waals surface area contributed by atoms with Crippen LogP contribution in [0.3, 0.4) is 0 Å². The molecule has 5 fully saturated rings. The number of hydrogen-bond donors (Lipinski definition) is 1. The zero-order valence-corrected chi connectivity index (χ0v) is 20.9. The number of fused-ring (bicyclic) bond motifs is 7.